The van der Waals surface area contributed by atoms with Crippen molar-refractivity contribution in [2.45, 2.75) is 57.3 Å². The lowest BCUT2D eigenvalue weighted by Crippen LogP contribution is -2.52. The first kappa shape index (κ1) is 24.1. The average Bonchev–Trinajstić information content (AvgIpc) is 3.13. The highest BCUT2D eigenvalue weighted by atomic mass is 19.4. The molecule has 4 atom stereocenters. The Hall–Kier alpha value is -3.06. The summed E-state index contributed by atoms with van der Waals surface area (Å²) in [6.07, 6.45) is -4.26. The Morgan fingerprint density at radius 2 is 1.94 bits per heavy atom. The number of hydrogen-bond donors (Lipinski definition) is 3. The lowest BCUT2D eigenvalue weighted by atomic mass is 9.92. The van der Waals surface area contributed by atoms with Crippen molar-refractivity contribution in [3.63, 3.8) is 0 Å². The highest BCUT2D eigenvalue weighted by Gasteiger charge is 2.40. The molecule has 0 amide bonds. The van der Waals surface area contributed by atoms with E-state index in [-0.39, 0.29) is 41.6 Å². The third kappa shape index (κ3) is 4.62. The van der Waals surface area contributed by atoms with Crippen LogP contribution < -0.4 is 10.2 Å². The lowest BCUT2D eigenvalue weighted by molar-refractivity contribution is -0.163. The van der Waals surface area contributed by atoms with Gasteiger partial charge in [0, 0.05) is 18.8 Å². The molecule has 1 fully saturated rings. The van der Waals surface area contributed by atoms with Crippen LogP contribution in [0, 0.1) is 0 Å². The standard InChI is InChI=1S/C21H25F4N7O2/c1-11(33)18-28-13-9-27-17(8-14(13)32(18)12(2)21(23,24)25)29-16-4-6-26-19(30-16)31-7-5-20(3,34)15(22)10-31/h4,6,8-9,11-12,15,33-34H,5,7,10H2,1-3H3,(H,26,27,29,30). The fourth-order valence-corrected chi connectivity index (χ4v) is 3.82. The molecule has 0 bridgehead atoms. The Balaban J connectivity index is 1.64. The van der Waals surface area contributed by atoms with Crippen molar-refractivity contribution >= 4 is 28.6 Å². The molecule has 4 heterocycles. The zero-order valence-electron chi connectivity index (χ0n) is 18.8. The van der Waals surface area contributed by atoms with E-state index >= 15 is 0 Å². The average molecular weight is 483 g/mol. The molecule has 4 rings (SSSR count). The summed E-state index contributed by atoms with van der Waals surface area (Å²) >= 11 is 0. The molecule has 3 aromatic heterocycles. The van der Waals surface area contributed by atoms with Gasteiger partial charge in [0.05, 0.1) is 23.9 Å². The number of aliphatic hydroxyl groups is 2. The third-order valence-corrected chi connectivity index (χ3v) is 5.96. The van der Waals surface area contributed by atoms with Gasteiger partial charge in [-0.15, -0.1) is 0 Å². The maximum atomic E-state index is 14.3. The summed E-state index contributed by atoms with van der Waals surface area (Å²) < 4.78 is 55.7. The fraction of sp³-hybridized carbons (Fsp3) is 0.524. The predicted octanol–water partition coefficient (Wildman–Crippen LogP) is 3.44. The Morgan fingerprint density at radius 3 is 2.59 bits per heavy atom. The number of fused-ring (bicyclic) bond motifs is 1. The molecule has 0 saturated carbocycles. The minimum atomic E-state index is -4.55. The maximum Gasteiger partial charge on any atom is 0.408 e. The van der Waals surface area contributed by atoms with E-state index in [0.29, 0.717) is 12.4 Å². The highest BCUT2D eigenvalue weighted by Crippen LogP contribution is 2.36. The first-order valence-corrected chi connectivity index (χ1v) is 10.7. The zero-order chi connectivity index (χ0) is 24.8. The monoisotopic (exact) mass is 483 g/mol. The van der Waals surface area contributed by atoms with Crippen molar-refractivity contribution < 1.29 is 27.8 Å². The van der Waals surface area contributed by atoms with Crippen molar-refractivity contribution in [1.29, 1.82) is 0 Å². The predicted molar refractivity (Wildman–Crippen MR) is 117 cm³/mol. The van der Waals surface area contributed by atoms with Gasteiger partial charge in [0.25, 0.3) is 0 Å². The van der Waals surface area contributed by atoms with Gasteiger partial charge in [0.15, 0.2) is 0 Å². The molecule has 3 N–H and O–H groups in total. The Kier molecular flexibility index (Phi) is 6.10. The van der Waals surface area contributed by atoms with Gasteiger partial charge in [-0.1, -0.05) is 0 Å². The van der Waals surface area contributed by atoms with Crippen molar-refractivity contribution in [2.24, 2.45) is 0 Å². The molecule has 9 nitrogen and oxygen atoms in total. The first-order chi connectivity index (χ1) is 15.9. The molecular weight excluding hydrogens is 458 g/mol. The zero-order valence-corrected chi connectivity index (χ0v) is 18.8. The Labute approximate surface area is 192 Å². The number of rotatable bonds is 5. The number of nitrogens with zero attached hydrogens (tertiary/aromatic N) is 6. The van der Waals surface area contributed by atoms with Crippen LogP contribution in [0.25, 0.3) is 11.0 Å². The maximum absolute atomic E-state index is 14.3. The van der Waals surface area contributed by atoms with E-state index in [2.05, 4.69) is 25.3 Å². The molecule has 1 aliphatic rings. The van der Waals surface area contributed by atoms with Crippen molar-refractivity contribution in [3.8, 4) is 0 Å². The number of hydrogen-bond acceptors (Lipinski definition) is 8. The number of piperidine rings is 1. The molecule has 13 heteroatoms. The number of alkyl halides is 4. The second-order valence-corrected chi connectivity index (χ2v) is 8.68. The van der Waals surface area contributed by atoms with Crippen molar-refractivity contribution in [1.82, 2.24) is 24.5 Å². The van der Waals surface area contributed by atoms with Crippen LogP contribution in [0.4, 0.5) is 35.1 Å². The Bertz CT molecular complexity index is 1180. The van der Waals surface area contributed by atoms with Crippen LogP contribution >= 0.6 is 0 Å². The quantitative estimate of drug-likeness (QED) is 0.473. The fourth-order valence-electron chi connectivity index (χ4n) is 3.82. The van der Waals surface area contributed by atoms with Gasteiger partial charge in [0.1, 0.15) is 41.3 Å². The number of pyridine rings is 1. The summed E-state index contributed by atoms with van der Waals surface area (Å²) in [6.45, 7) is 4.07. The number of halogens is 4. The molecule has 3 aromatic rings. The van der Waals surface area contributed by atoms with Crippen LogP contribution in [0.3, 0.4) is 0 Å². The molecule has 1 saturated heterocycles. The van der Waals surface area contributed by atoms with E-state index in [4.69, 9.17) is 0 Å². The summed E-state index contributed by atoms with van der Waals surface area (Å²) in [7, 11) is 0. The minimum absolute atomic E-state index is 0.0721. The molecule has 34 heavy (non-hydrogen) atoms. The normalized spacial score (nSPS) is 23.2. The Morgan fingerprint density at radius 1 is 1.21 bits per heavy atom. The lowest BCUT2D eigenvalue weighted by Gasteiger charge is -2.38. The molecule has 1 aliphatic heterocycles. The van der Waals surface area contributed by atoms with Gasteiger partial charge >= 0.3 is 6.18 Å². The molecule has 0 radical (unpaired) electrons. The van der Waals surface area contributed by atoms with Crippen LogP contribution in [-0.4, -0.2) is 65.8 Å². The molecule has 0 spiro atoms. The third-order valence-electron chi connectivity index (χ3n) is 5.96. The van der Waals surface area contributed by atoms with Gasteiger partial charge in [0.2, 0.25) is 5.95 Å². The van der Waals surface area contributed by atoms with E-state index in [0.717, 1.165) is 11.5 Å². The molecule has 0 aromatic carbocycles. The molecular formula is C21H25F4N7O2. The second-order valence-electron chi connectivity index (χ2n) is 8.68. The summed E-state index contributed by atoms with van der Waals surface area (Å²) in [4.78, 5) is 18.4. The summed E-state index contributed by atoms with van der Waals surface area (Å²) in [5.41, 5.74) is -1.06. The summed E-state index contributed by atoms with van der Waals surface area (Å²) in [5.74, 6) is 0.631. The second kappa shape index (κ2) is 8.62. The van der Waals surface area contributed by atoms with Crippen LogP contribution in [0.5, 0.6) is 0 Å². The topological polar surface area (TPSA) is 112 Å². The molecule has 4 unspecified atom stereocenters. The summed E-state index contributed by atoms with van der Waals surface area (Å²) in [5, 5.41) is 22.9. The number of anilines is 3. The van der Waals surface area contributed by atoms with Crippen molar-refractivity contribution in [2.75, 3.05) is 23.3 Å². The van der Waals surface area contributed by atoms with Crippen LogP contribution in [0.1, 0.15) is 45.2 Å². The SMILES string of the molecule is CC(O)c1nc2cnc(Nc3ccnc(N4CCC(C)(O)C(F)C4)n3)cc2n1C(C)C(F)(F)F. The van der Waals surface area contributed by atoms with Crippen LogP contribution in [-0.2, 0) is 0 Å². The van der Waals surface area contributed by atoms with E-state index < -0.39 is 30.1 Å². The first-order valence-electron chi connectivity index (χ1n) is 10.7. The number of nitrogens with one attached hydrogen (secondary N) is 1. The van der Waals surface area contributed by atoms with Crippen molar-refractivity contribution in [3.05, 3.63) is 30.4 Å². The van der Waals surface area contributed by atoms with E-state index in [1.165, 1.54) is 32.3 Å². The van der Waals surface area contributed by atoms with E-state index in [9.17, 15) is 27.8 Å². The van der Waals surface area contributed by atoms with Gasteiger partial charge in [-0.05, 0) is 33.3 Å². The smallest absolute Gasteiger partial charge is 0.387 e. The van der Waals surface area contributed by atoms with Crippen LogP contribution in [0.15, 0.2) is 24.5 Å². The van der Waals surface area contributed by atoms with Gasteiger partial charge in [-0.25, -0.2) is 19.3 Å². The molecule has 0 aliphatic carbocycles. The largest absolute Gasteiger partial charge is 0.408 e. The number of aliphatic hydroxyl groups excluding tert-OH is 1. The van der Waals surface area contributed by atoms with Gasteiger partial charge < -0.3 is 25.0 Å². The van der Waals surface area contributed by atoms with Gasteiger partial charge in [-0.2, -0.15) is 18.2 Å². The highest BCUT2D eigenvalue weighted by molar-refractivity contribution is 5.79. The van der Waals surface area contributed by atoms with E-state index in [1.807, 2.05) is 0 Å². The number of aromatic nitrogens is 5. The molecule has 184 valence electrons. The summed E-state index contributed by atoms with van der Waals surface area (Å²) in [6, 6.07) is 1.01. The minimum Gasteiger partial charge on any atom is -0.387 e. The van der Waals surface area contributed by atoms with E-state index in [1.54, 1.807) is 11.0 Å². The number of imidazole rings is 1. The van der Waals surface area contributed by atoms with Gasteiger partial charge in [-0.3, -0.25) is 0 Å². The van der Waals surface area contributed by atoms with Crippen LogP contribution in [0.2, 0.25) is 0 Å².